The number of benzene rings is 1. The number of carbonyl (C=O) groups excluding carboxylic acids is 1. The van der Waals surface area contributed by atoms with Crippen LogP contribution in [0.15, 0.2) is 48.6 Å². The van der Waals surface area contributed by atoms with E-state index in [9.17, 15) is 4.79 Å². The molecule has 1 unspecified atom stereocenters. The van der Waals surface area contributed by atoms with Crippen molar-refractivity contribution in [3.8, 4) is 11.5 Å². The summed E-state index contributed by atoms with van der Waals surface area (Å²) in [5, 5.41) is 0. The van der Waals surface area contributed by atoms with Crippen molar-refractivity contribution in [3.05, 3.63) is 48.6 Å². The molecule has 0 N–H and O–H groups in total. The summed E-state index contributed by atoms with van der Waals surface area (Å²) in [7, 11) is 1.62. The predicted molar refractivity (Wildman–Crippen MR) is 106 cm³/mol. The SMILES string of the molecule is COc1ccc(O[C@@H]2C=C[C@H](OC3CCCCO3)[C@@H](/C=C/COC(C)=O)O2)cc1. The van der Waals surface area contributed by atoms with Crippen molar-refractivity contribution in [2.45, 2.75) is 51.0 Å². The highest BCUT2D eigenvalue weighted by molar-refractivity contribution is 5.65. The molecular weight excluding hydrogens is 376 g/mol. The van der Waals surface area contributed by atoms with Gasteiger partial charge in [0, 0.05) is 13.5 Å². The molecule has 0 aliphatic carbocycles. The van der Waals surface area contributed by atoms with Crippen LogP contribution in [0.4, 0.5) is 0 Å². The molecule has 0 aromatic heterocycles. The summed E-state index contributed by atoms with van der Waals surface area (Å²) in [6.07, 6.45) is 8.79. The van der Waals surface area contributed by atoms with Crippen LogP contribution in [0, 0.1) is 0 Å². The topological polar surface area (TPSA) is 72.5 Å². The number of hydrogen-bond acceptors (Lipinski definition) is 7. The van der Waals surface area contributed by atoms with Gasteiger partial charge in [-0.3, -0.25) is 4.79 Å². The Labute approximate surface area is 171 Å². The quantitative estimate of drug-likeness (QED) is 0.486. The molecular formula is C22H28O7. The predicted octanol–water partition coefficient (Wildman–Crippen LogP) is 3.39. The minimum Gasteiger partial charge on any atom is -0.497 e. The van der Waals surface area contributed by atoms with E-state index in [-0.39, 0.29) is 25.0 Å². The molecule has 1 aromatic carbocycles. The molecule has 0 radical (unpaired) electrons. The zero-order chi connectivity index (χ0) is 20.5. The zero-order valence-electron chi connectivity index (χ0n) is 16.8. The second-order valence-electron chi connectivity index (χ2n) is 6.77. The Hall–Kier alpha value is -2.35. The molecule has 158 valence electrons. The highest BCUT2D eigenvalue weighted by Crippen LogP contribution is 2.25. The van der Waals surface area contributed by atoms with Crippen molar-refractivity contribution in [1.29, 1.82) is 0 Å². The highest BCUT2D eigenvalue weighted by Gasteiger charge is 2.30. The normalized spacial score (nSPS) is 27.0. The van der Waals surface area contributed by atoms with Crippen LogP contribution in [0.1, 0.15) is 26.2 Å². The Kier molecular flexibility index (Phi) is 8.10. The smallest absolute Gasteiger partial charge is 0.302 e. The van der Waals surface area contributed by atoms with Crippen molar-refractivity contribution in [2.24, 2.45) is 0 Å². The van der Waals surface area contributed by atoms with Crippen LogP contribution in [0.3, 0.4) is 0 Å². The number of methoxy groups -OCH3 is 1. The van der Waals surface area contributed by atoms with Crippen molar-refractivity contribution in [3.63, 3.8) is 0 Å². The Morgan fingerprint density at radius 1 is 1.17 bits per heavy atom. The van der Waals surface area contributed by atoms with Gasteiger partial charge in [0.2, 0.25) is 6.29 Å². The molecule has 2 aliphatic rings. The lowest BCUT2D eigenvalue weighted by Gasteiger charge is -2.34. The first-order valence-corrected chi connectivity index (χ1v) is 9.85. The van der Waals surface area contributed by atoms with Crippen LogP contribution in [0.2, 0.25) is 0 Å². The molecule has 1 fully saturated rings. The zero-order valence-corrected chi connectivity index (χ0v) is 16.8. The van der Waals surface area contributed by atoms with E-state index >= 15 is 0 Å². The number of carbonyl (C=O) groups is 1. The lowest BCUT2D eigenvalue weighted by atomic mass is 10.1. The lowest BCUT2D eigenvalue weighted by Crippen LogP contribution is -2.41. The fourth-order valence-electron chi connectivity index (χ4n) is 3.07. The maximum atomic E-state index is 11.0. The van der Waals surface area contributed by atoms with Gasteiger partial charge in [0.25, 0.3) is 0 Å². The molecule has 4 atom stereocenters. The molecule has 0 bridgehead atoms. The van der Waals surface area contributed by atoms with Crippen molar-refractivity contribution in [2.75, 3.05) is 20.3 Å². The monoisotopic (exact) mass is 404 g/mol. The third-order valence-electron chi connectivity index (χ3n) is 4.54. The second kappa shape index (κ2) is 11.0. The summed E-state index contributed by atoms with van der Waals surface area (Å²) in [4.78, 5) is 11.0. The first kappa shape index (κ1) is 21.4. The van der Waals surface area contributed by atoms with Gasteiger partial charge in [-0.15, -0.1) is 0 Å². The Balaban J connectivity index is 1.63. The minimum atomic E-state index is -0.570. The maximum absolute atomic E-state index is 11.0. The standard InChI is InChI=1S/C22H28O7/c1-16(23)25-15-5-6-19-20(28-21-7-3-4-14-26-21)12-13-22(29-19)27-18-10-8-17(24-2)9-11-18/h5-6,8-13,19-22H,3-4,7,14-15H2,1-2H3/b6-5+/t19-,20+,21?,22+/m1/s1. The summed E-state index contributed by atoms with van der Waals surface area (Å²) < 4.78 is 33.8. The van der Waals surface area contributed by atoms with Gasteiger partial charge >= 0.3 is 5.97 Å². The average Bonchev–Trinajstić information content (AvgIpc) is 2.74. The molecule has 2 aliphatic heterocycles. The van der Waals surface area contributed by atoms with Gasteiger partial charge in [-0.25, -0.2) is 0 Å². The lowest BCUT2D eigenvalue weighted by molar-refractivity contribution is -0.211. The van der Waals surface area contributed by atoms with Crippen LogP contribution in [0.25, 0.3) is 0 Å². The Morgan fingerprint density at radius 3 is 2.66 bits per heavy atom. The van der Waals surface area contributed by atoms with Crippen LogP contribution in [-0.2, 0) is 23.7 Å². The van der Waals surface area contributed by atoms with Gasteiger partial charge in [0.1, 0.15) is 30.3 Å². The van der Waals surface area contributed by atoms with E-state index in [2.05, 4.69) is 0 Å². The summed E-state index contributed by atoms with van der Waals surface area (Å²) in [6.45, 7) is 2.26. The van der Waals surface area contributed by atoms with Gasteiger partial charge < -0.3 is 28.4 Å². The largest absolute Gasteiger partial charge is 0.497 e. The number of rotatable bonds is 8. The number of ether oxygens (including phenoxy) is 6. The number of hydrogen-bond donors (Lipinski definition) is 0. The van der Waals surface area contributed by atoms with E-state index in [4.69, 9.17) is 28.4 Å². The van der Waals surface area contributed by atoms with E-state index in [1.54, 1.807) is 13.2 Å². The van der Waals surface area contributed by atoms with E-state index in [1.165, 1.54) is 6.92 Å². The van der Waals surface area contributed by atoms with Crippen LogP contribution in [0.5, 0.6) is 11.5 Å². The third kappa shape index (κ3) is 6.88. The Morgan fingerprint density at radius 2 is 1.97 bits per heavy atom. The first-order chi connectivity index (χ1) is 14.1. The fraction of sp³-hybridized carbons (Fsp3) is 0.500. The molecule has 7 heteroatoms. The van der Waals surface area contributed by atoms with Gasteiger partial charge in [0.15, 0.2) is 6.29 Å². The Bertz CT molecular complexity index is 692. The van der Waals surface area contributed by atoms with Crippen molar-refractivity contribution < 1.29 is 33.2 Å². The van der Waals surface area contributed by atoms with Gasteiger partial charge in [0.05, 0.1) is 7.11 Å². The molecule has 2 heterocycles. The molecule has 0 amide bonds. The molecule has 7 nitrogen and oxygen atoms in total. The van der Waals surface area contributed by atoms with Gasteiger partial charge in [-0.1, -0.05) is 12.2 Å². The average molecular weight is 404 g/mol. The van der Waals surface area contributed by atoms with Crippen LogP contribution in [-0.4, -0.2) is 51.1 Å². The molecule has 1 aromatic rings. The van der Waals surface area contributed by atoms with Gasteiger partial charge in [-0.05, 0) is 55.7 Å². The van der Waals surface area contributed by atoms with Crippen LogP contribution >= 0.6 is 0 Å². The van der Waals surface area contributed by atoms with E-state index in [0.717, 1.165) is 25.0 Å². The first-order valence-electron chi connectivity index (χ1n) is 9.85. The van der Waals surface area contributed by atoms with Crippen LogP contribution < -0.4 is 9.47 Å². The van der Waals surface area contributed by atoms with E-state index in [0.29, 0.717) is 12.4 Å². The summed E-state index contributed by atoms with van der Waals surface area (Å²) in [5.41, 5.74) is 0. The summed E-state index contributed by atoms with van der Waals surface area (Å²) in [6, 6.07) is 7.29. The number of esters is 1. The molecule has 29 heavy (non-hydrogen) atoms. The minimum absolute atomic E-state index is 0.176. The second-order valence-corrected chi connectivity index (χ2v) is 6.77. The molecule has 0 spiro atoms. The van der Waals surface area contributed by atoms with E-state index < -0.39 is 12.4 Å². The molecule has 3 rings (SSSR count). The van der Waals surface area contributed by atoms with Gasteiger partial charge in [-0.2, -0.15) is 0 Å². The summed E-state index contributed by atoms with van der Waals surface area (Å²) in [5.74, 6) is 1.09. The van der Waals surface area contributed by atoms with Crippen molar-refractivity contribution >= 4 is 5.97 Å². The highest BCUT2D eigenvalue weighted by atomic mass is 16.7. The van der Waals surface area contributed by atoms with E-state index in [1.807, 2.05) is 42.5 Å². The fourth-order valence-corrected chi connectivity index (χ4v) is 3.07. The van der Waals surface area contributed by atoms with Crippen molar-refractivity contribution in [1.82, 2.24) is 0 Å². The maximum Gasteiger partial charge on any atom is 0.302 e. The summed E-state index contributed by atoms with van der Waals surface area (Å²) >= 11 is 0. The third-order valence-corrected chi connectivity index (χ3v) is 4.54. The molecule has 0 saturated carbocycles. The molecule has 1 saturated heterocycles.